The van der Waals surface area contributed by atoms with Gasteiger partial charge in [-0.05, 0) is 30.7 Å². The number of sulfonamides is 1. The van der Waals surface area contributed by atoms with Crippen molar-refractivity contribution in [3.05, 3.63) is 59.1 Å². The molecule has 0 spiro atoms. The predicted octanol–water partition coefficient (Wildman–Crippen LogP) is 2.88. The van der Waals surface area contributed by atoms with Crippen LogP contribution in [0.15, 0.2) is 53.4 Å². The second-order valence-corrected chi connectivity index (χ2v) is 9.10. The van der Waals surface area contributed by atoms with Crippen LogP contribution >= 0.6 is 11.6 Å². The number of amides is 1. The van der Waals surface area contributed by atoms with E-state index in [1.54, 1.807) is 12.1 Å². The molecule has 0 bridgehead atoms. The number of nitrogens with one attached hydrogen (secondary N) is 1. The Morgan fingerprint density at radius 3 is 2.61 bits per heavy atom. The van der Waals surface area contributed by atoms with Gasteiger partial charge in [-0.15, -0.1) is 0 Å². The second kappa shape index (κ2) is 8.51. The predicted molar refractivity (Wildman–Crippen MR) is 111 cm³/mol. The van der Waals surface area contributed by atoms with Crippen molar-refractivity contribution in [3.63, 3.8) is 0 Å². The normalized spacial score (nSPS) is 17.2. The van der Waals surface area contributed by atoms with Crippen molar-refractivity contribution in [2.24, 2.45) is 0 Å². The minimum Gasteiger partial charge on any atom is -0.372 e. The first-order chi connectivity index (χ1) is 13.3. The van der Waals surface area contributed by atoms with Gasteiger partial charge in [-0.25, -0.2) is 13.1 Å². The van der Waals surface area contributed by atoms with Gasteiger partial charge in [0, 0.05) is 44.8 Å². The van der Waals surface area contributed by atoms with E-state index in [0.717, 1.165) is 11.3 Å². The van der Waals surface area contributed by atoms with Crippen molar-refractivity contribution in [2.45, 2.75) is 30.8 Å². The number of anilines is 1. The van der Waals surface area contributed by atoms with Gasteiger partial charge in [0.05, 0.1) is 5.02 Å². The Bertz CT molecular complexity index is 965. The molecule has 8 heteroatoms. The van der Waals surface area contributed by atoms with Crippen LogP contribution in [0.2, 0.25) is 5.02 Å². The lowest BCUT2D eigenvalue weighted by Gasteiger charge is -2.28. The lowest BCUT2D eigenvalue weighted by Crippen LogP contribution is -2.43. The molecule has 1 aliphatic heterocycles. The molecule has 2 aromatic carbocycles. The zero-order valence-corrected chi connectivity index (χ0v) is 17.5. The van der Waals surface area contributed by atoms with Gasteiger partial charge in [0.1, 0.15) is 4.90 Å². The van der Waals surface area contributed by atoms with Crippen LogP contribution in [0.4, 0.5) is 5.69 Å². The van der Waals surface area contributed by atoms with Crippen molar-refractivity contribution in [3.8, 4) is 0 Å². The zero-order valence-electron chi connectivity index (χ0n) is 15.9. The quantitative estimate of drug-likeness (QED) is 0.805. The number of carbonyl (C=O) groups is 1. The summed E-state index contributed by atoms with van der Waals surface area (Å²) < 4.78 is 27.3. The number of rotatable bonds is 5. The molecule has 0 saturated carbocycles. The molecule has 150 valence electrons. The molecule has 0 saturated heterocycles. The summed E-state index contributed by atoms with van der Waals surface area (Å²) in [5.41, 5.74) is 2.20. The fraction of sp³-hybridized carbons (Fsp3) is 0.350. The summed E-state index contributed by atoms with van der Waals surface area (Å²) in [4.78, 5) is 16.8. The molecule has 1 atom stereocenters. The van der Waals surface area contributed by atoms with E-state index in [1.807, 2.05) is 43.1 Å². The van der Waals surface area contributed by atoms with Crippen LogP contribution in [0.3, 0.4) is 0 Å². The first-order valence-corrected chi connectivity index (χ1v) is 11.0. The fourth-order valence-corrected chi connectivity index (χ4v) is 5.01. The average molecular weight is 422 g/mol. The number of halogens is 1. The summed E-state index contributed by atoms with van der Waals surface area (Å²) in [6.45, 7) is 3.26. The topological polar surface area (TPSA) is 69.7 Å². The van der Waals surface area contributed by atoms with Gasteiger partial charge in [-0.2, -0.15) is 0 Å². The zero-order chi connectivity index (χ0) is 20.3. The van der Waals surface area contributed by atoms with Gasteiger partial charge < -0.3 is 9.80 Å². The molecule has 1 heterocycles. The van der Waals surface area contributed by atoms with E-state index in [1.165, 1.54) is 12.1 Å². The molecule has 1 aliphatic rings. The van der Waals surface area contributed by atoms with Gasteiger partial charge in [0.15, 0.2) is 0 Å². The fourth-order valence-electron chi connectivity index (χ4n) is 3.46. The largest absolute Gasteiger partial charge is 0.372 e. The number of benzene rings is 2. The number of nitrogens with zero attached hydrogens (tertiary/aromatic N) is 2. The first kappa shape index (κ1) is 20.6. The van der Waals surface area contributed by atoms with Crippen LogP contribution in [-0.4, -0.2) is 45.4 Å². The highest BCUT2D eigenvalue weighted by Gasteiger charge is 2.27. The van der Waals surface area contributed by atoms with E-state index in [4.69, 9.17) is 11.6 Å². The number of carbonyl (C=O) groups excluding carboxylic acids is 1. The lowest BCUT2D eigenvalue weighted by atomic mass is 10.1. The average Bonchev–Trinajstić information content (AvgIpc) is 2.78. The van der Waals surface area contributed by atoms with Gasteiger partial charge in [-0.3, -0.25) is 4.79 Å². The van der Waals surface area contributed by atoms with Gasteiger partial charge >= 0.3 is 0 Å². The molecular weight excluding hydrogens is 398 g/mol. The van der Waals surface area contributed by atoms with Crippen LogP contribution in [0.1, 0.15) is 18.9 Å². The maximum atomic E-state index is 12.8. The smallest absolute Gasteiger partial charge is 0.242 e. The number of hydrogen-bond donors (Lipinski definition) is 1. The van der Waals surface area contributed by atoms with Crippen molar-refractivity contribution in [1.29, 1.82) is 0 Å². The standard InChI is InChI=1S/C20H24ClN3O3S/c1-15-13-23(2)18-9-5-3-7-16(18)14-24(15)20(25)11-12-22-28(26,27)19-10-6-4-8-17(19)21/h3-10,15,22H,11-14H2,1-2H3. The Kier molecular flexibility index (Phi) is 6.27. The Morgan fingerprint density at radius 2 is 1.86 bits per heavy atom. The first-order valence-electron chi connectivity index (χ1n) is 9.12. The Hall–Kier alpha value is -2.09. The molecule has 0 aliphatic carbocycles. The van der Waals surface area contributed by atoms with Crippen LogP contribution < -0.4 is 9.62 Å². The third-order valence-electron chi connectivity index (χ3n) is 4.89. The minimum atomic E-state index is -3.76. The minimum absolute atomic E-state index is 0.0165. The lowest BCUT2D eigenvalue weighted by molar-refractivity contribution is -0.133. The second-order valence-electron chi connectivity index (χ2n) is 6.96. The highest BCUT2D eigenvalue weighted by molar-refractivity contribution is 7.89. The Labute approximate surface area is 171 Å². The molecule has 1 amide bonds. The Balaban J connectivity index is 1.66. The van der Waals surface area contributed by atoms with E-state index in [9.17, 15) is 13.2 Å². The van der Waals surface area contributed by atoms with E-state index < -0.39 is 10.0 Å². The van der Waals surface area contributed by atoms with Gasteiger partial charge in [0.25, 0.3) is 0 Å². The number of fused-ring (bicyclic) bond motifs is 1. The molecule has 28 heavy (non-hydrogen) atoms. The molecule has 2 aromatic rings. The number of para-hydroxylation sites is 1. The third-order valence-corrected chi connectivity index (χ3v) is 6.85. The van der Waals surface area contributed by atoms with Crippen molar-refractivity contribution < 1.29 is 13.2 Å². The van der Waals surface area contributed by atoms with Crippen molar-refractivity contribution in [2.75, 3.05) is 25.0 Å². The van der Waals surface area contributed by atoms with Gasteiger partial charge in [-0.1, -0.05) is 41.9 Å². The van der Waals surface area contributed by atoms with Gasteiger partial charge in [0.2, 0.25) is 15.9 Å². The molecule has 1 unspecified atom stereocenters. The highest BCUT2D eigenvalue weighted by Crippen LogP contribution is 2.26. The molecule has 0 fully saturated rings. The maximum Gasteiger partial charge on any atom is 0.242 e. The van der Waals surface area contributed by atoms with Crippen LogP contribution in [0.25, 0.3) is 0 Å². The highest BCUT2D eigenvalue weighted by atomic mass is 35.5. The van der Waals surface area contributed by atoms with E-state index >= 15 is 0 Å². The van der Waals surface area contributed by atoms with E-state index in [2.05, 4.69) is 9.62 Å². The number of likely N-dealkylation sites (N-methyl/N-ethyl adjacent to an activating group) is 1. The molecule has 0 aromatic heterocycles. The van der Waals surface area contributed by atoms with E-state index in [-0.39, 0.29) is 34.8 Å². The summed E-state index contributed by atoms with van der Waals surface area (Å²) in [5.74, 6) is -0.0838. The summed E-state index contributed by atoms with van der Waals surface area (Å²) >= 11 is 5.97. The molecule has 1 N–H and O–H groups in total. The van der Waals surface area contributed by atoms with Crippen LogP contribution in [-0.2, 0) is 21.4 Å². The summed E-state index contributed by atoms with van der Waals surface area (Å²) in [7, 11) is -1.74. The van der Waals surface area contributed by atoms with Crippen LogP contribution in [0, 0.1) is 0 Å². The summed E-state index contributed by atoms with van der Waals surface area (Å²) in [6.07, 6.45) is 0.0832. The molecule has 0 radical (unpaired) electrons. The molecular formula is C20H24ClN3O3S. The monoisotopic (exact) mass is 421 g/mol. The van der Waals surface area contributed by atoms with Crippen LogP contribution in [0.5, 0.6) is 0 Å². The molecule has 6 nitrogen and oxygen atoms in total. The number of hydrogen-bond acceptors (Lipinski definition) is 4. The van der Waals surface area contributed by atoms with Crippen molar-refractivity contribution >= 4 is 33.2 Å². The third kappa shape index (κ3) is 4.48. The van der Waals surface area contributed by atoms with E-state index in [0.29, 0.717) is 13.1 Å². The molecule has 3 rings (SSSR count). The summed E-state index contributed by atoms with van der Waals surface area (Å²) in [5, 5.41) is 0.155. The summed E-state index contributed by atoms with van der Waals surface area (Å²) in [6, 6.07) is 14.3. The Morgan fingerprint density at radius 1 is 1.18 bits per heavy atom. The van der Waals surface area contributed by atoms with Crippen molar-refractivity contribution in [1.82, 2.24) is 9.62 Å². The SMILES string of the molecule is CC1CN(C)c2ccccc2CN1C(=O)CCNS(=O)(=O)c1ccccc1Cl. The maximum absolute atomic E-state index is 12.8.